The third-order valence-electron chi connectivity index (χ3n) is 6.12. The minimum atomic E-state index is 0.581. The summed E-state index contributed by atoms with van der Waals surface area (Å²) in [6.45, 7) is 8.91. The molecule has 0 spiro atoms. The van der Waals surface area contributed by atoms with E-state index in [0.29, 0.717) is 5.92 Å². The Hall–Kier alpha value is -1.95. The highest BCUT2D eigenvalue weighted by Gasteiger charge is 2.24. The molecule has 0 amide bonds. The monoisotopic (exact) mass is 402 g/mol. The van der Waals surface area contributed by atoms with Gasteiger partial charge < -0.3 is 24.6 Å². The Morgan fingerprint density at radius 3 is 2.79 bits per heavy atom. The van der Waals surface area contributed by atoms with Crippen molar-refractivity contribution in [2.75, 3.05) is 65.0 Å². The standard InChI is InChI=1S/C23H38N4O2/c1-4-24-23(26(2)13-9-19-11-15-29-16-12-19)25-17-20-10-14-27(18-20)21-7-5-6-8-22(21)28-3/h5-8,19-20H,4,9-18H2,1-3H3,(H,24,25). The van der Waals surface area contributed by atoms with Gasteiger partial charge in [0.25, 0.3) is 0 Å². The number of anilines is 1. The Bertz CT molecular complexity index is 646. The number of guanidine groups is 1. The van der Waals surface area contributed by atoms with E-state index in [9.17, 15) is 0 Å². The molecule has 3 rings (SSSR count). The number of aliphatic imine (C=N–C) groups is 1. The molecule has 1 N–H and O–H groups in total. The molecule has 0 radical (unpaired) electrons. The number of hydrogen-bond acceptors (Lipinski definition) is 4. The van der Waals surface area contributed by atoms with Gasteiger partial charge in [0.2, 0.25) is 0 Å². The van der Waals surface area contributed by atoms with Crippen LogP contribution in [0, 0.1) is 11.8 Å². The first kappa shape index (κ1) is 21.8. The summed E-state index contributed by atoms with van der Waals surface area (Å²) in [5.41, 5.74) is 1.20. The van der Waals surface area contributed by atoms with Crippen LogP contribution in [0.3, 0.4) is 0 Å². The molecule has 1 unspecified atom stereocenters. The highest BCUT2D eigenvalue weighted by molar-refractivity contribution is 5.79. The third-order valence-corrected chi connectivity index (χ3v) is 6.12. The molecule has 162 valence electrons. The van der Waals surface area contributed by atoms with E-state index in [1.807, 2.05) is 12.1 Å². The molecule has 2 aliphatic heterocycles. The average Bonchev–Trinajstić information content (AvgIpc) is 3.24. The fraction of sp³-hybridized carbons (Fsp3) is 0.696. The Kier molecular flexibility index (Phi) is 8.47. The van der Waals surface area contributed by atoms with Crippen LogP contribution < -0.4 is 15.0 Å². The van der Waals surface area contributed by atoms with Gasteiger partial charge in [0.15, 0.2) is 5.96 Å². The van der Waals surface area contributed by atoms with Crippen LogP contribution in [0.15, 0.2) is 29.3 Å². The smallest absolute Gasteiger partial charge is 0.193 e. The molecule has 2 saturated heterocycles. The highest BCUT2D eigenvalue weighted by atomic mass is 16.5. The maximum Gasteiger partial charge on any atom is 0.193 e. The van der Waals surface area contributed by atoms with Crippen molar-refractivity contribution < 1.29 is 9.47 Å². The number of hydrogen-bond donors (Lipinski definition) is 1. The van der Waals surface area contributed by atoms with Gasteiger partial charge in [-0.1, -0.05) is 12.1 Å². The first-order valence-corrected chi connectivity index (χ1v) is 11.2. The van der Waals surface area contributed by atoms with E-state index in [-0.39, 0.29) is 0 Å². The Balaban J connectivity index is 1.51. The van der Waals surface area contributed by atoms with Crippen molar-refractivity contribution in [1.29, 1.82) is 0 Å². The summed E-state index contributed by atoms with van der Waals surface area (Å²) in [6, 6.07) is 8.30. The van der Waals surface area contributed by atoms with Crippen LogP contribution >= 0.6 is 0 Å². The van der Waals surface area contributed by atoms with Crippen LogP contribution in [-0.4, -0.2) is 71.0 Å². The fourth-order valence-electron chi connectivity index (χ4n) is 4.29. The zero-order chi connectivity index (χ0) is 20.5. The number of benzene rings is 1. The number of methoxy groups -OCH3 is 1. The predicted octanol–water partition coefficient (Wildman–Crippen LogP) is 3.24. The second kappa shape index (κ2) is 11.3. The molecule has 1 aromatic rings. The van der Waals surface area contributed by atoms with Crippen LogP contribution in [0.5, 0.6) is 5.75 Å². The van der Waals surface area contributed by atoms with Gasteiger partial charge in [0.05, 0.1) is 12.8 Å². The Morgan fingerprint density at radius 2 is 2.03 bits per heavy atom. The fourth-order valence-corrected chi connectivity index (χ4v) is 4.29. The van der Waals surface area contributed by atoms with Gasteiger partial charge in [-0.05, 0) is 56.6 Å². The van der Waals surface area contributed by atoms with Crippen LogP contribution in [-0.2, 0) is 4.74 Å². The molecule has 0 bridgehead atoms. The van der Waals surface area contributed by atoms with Crippen molar-refractivity contribution in [2.45, 2.75) is 32.6 Å². The largest absolute Gasteiger partial charge is 0.495 e. The molecule has 2 heterocycles. The highest BCUT2D eigenvalue weighted by Crippen LogP contribution is 2.32. The topological polar surface area (TPSA) is 49.3 Å². The lowest BCUT2D eigenvalue weighted by Gasteiger charge is -2.27. The lowest BCUT2D eigenvalue weighted by atomic mass is 9.96. The first-order chi connectivity index (χ1) is 14.2. The number of nitrogens with one attached hydrogen (secondary N) is 1. The van der Waals surface area contributed by atoms with E-state index in [1.54, 1.807) is 7.11 Å². The Morgan fingerprint density at radius 1 is 1.24 bits per heavy atom. The molecular formula is C23H38N4O2. The summed E-state index contributed by atoms with van der Waals surface area (Å²) in [5, 5.41) is 3.47. The van der Waals surface area contributed by atoms with Gasteiger partial charge in [-0.3, -0.25) is 4.99 Å². The second-order valence-electron chi connectivity index (χ2n) is 8.23. The average molecular weight is 403 g/mol. The molecule has 1 aromatic carbocycles. The third kappa shape index (κ3) is 6.26. The molecule has 6 nitrogen and oxygen atoms in total. The van der Waals surface area contributed by atoms with E-state index in [1.165, 1.54) is 31.4 Å². The molecule has 0 aliphatic carbocycles. The summed E-state index contributed by atoms with van der Waals surface area (Å²) in [7, 11) is 3.91. The SMILES string of the molecule is CCNC(=NCC1CCN(c2ccccc2OC)C1)N(C)CCC1CCOCC1. The van der Waals surface area contributed by atoms with Gasteiger partial charge in [-0.25, -0.2) is 0 Å². The van der Waals surface area contributed by atoms with Crippen molar-refractivity contribution >= 4 is 11.6 Å². The zero-order valence-corrected chi connectivity index (χ0v) is 18.4. The van der Waals surface area contributed by atoms with E-state index >= 15 is 0 Å². The van der Waals surface area contributed by atoms with Gasteiger partial charge in [-0.2, -0.15) is 0 Å². The molecule has 2 aliphatic rings. The van der Waals surface area contributed by atoms with Crippen molar-refractivity contribution in [3.63, 3.8) is 0 Å². The maximum atomic E-state index is 5.54. The quantitative estimate of drug-likeness (QED) is 0.534. The number of para-hydroxylation sites is 2. The molecule has 2 fully saturated rings. The first-order valence-electron chi connectivity index (χ1n) is 11.2. The minimum absolute atomic E-state index is 0.581. The molecule has 6 heteroatoms. The van der Waals surface area contributed by atoms with Crippen molar-refractivity contribution in [2.24, 2.45) is 16.8 Å². The molecule has 0 aromatic heterocycles. The normalized spacial score (nSPS) is 20.7. The molecule has 0 saturated carbocycles. The number of rotatable bonds is 8. The summed E-state index contributed by atoms with van der Waals surface area (Å²) >= 11 is 0. The minimum Gasteiger partial charge on any atom is -0.495 e. The number of ether oxygens (including phenoxy) is 2. The Labute approximate surface area is 176 Å². The van der Waals surface area contributed by atoms with E-state index in [2.05, 4.69) is 41.2 Å². The maximum absolute atomic E-state index is 5.54. The molecular weight excluding hydrogens is 364 g/mol. The lowest BCUT2D eigenvalue weighted by molar-refractivity contribution is 0.0625. The van der Waals surface area contributed by atoms with Gasteiger partial charge in [0.1, 0.15) is 5.75 Å². The van der Waals surface area contributed by atoms with E-state index in [0.717, 1.165) is 63.6 Å². The zero-order valence-electron chi connectivity index (χ0n) is 18.4. The van der Waals surface area contributed by atoms with Crippen LogP contribution in [0.1, 0.15) is 32.6 Å². The van der Waals surface area contributed by atoms with Crippen LogP contribution in [0.25, 0.3) is 0 Å². The lowest BCUT2D eigenvalue weighted by Crippen LogP contribution is -2.40. The van der Waals surface area contributed by atoms with Crippen molar-refractivity contribution in [1.82, 2.24) is 10.2 Å². The van der Waals surface area contributed by atoms with E-state index in [4.69, 9.17) is 14.5 Å². The van der Waals surface area contributed by atoms with E-state index < -0.39 is 0 Å². The number of nitrogens with zero attached hydrogens (tertiary/aromatic N) is 3. The predicted molar refractivity (Wildman–Crippen MR) is 120 cm³/mol. The van der Waals surface area contributed by atoms with Crippen LogP contribution in [0.4, 0.5) is 5.69 Å². The van der Waals surface area contributed by atoms with Gasteiger partial charge >= 0.3 is 0 Å². The van der Waals surface area contributed by atoms with Gasteiger partial charge in [-0.15, -0.1) is 0 Å². The molecule has 29 heavy (non-hydrogen) atoms. The second-order valence-corrected chi connectivity index (χ2v) is 8.23. The summed E-state index contributed by atoms with van der Waals surface area (Å²) in [4.78, 5) is 9.71. The summed E-state index contributed by atoms with van der Waals surface area (Å²) in [6.07, 6.45) is 4.78. The summed E-state index contributed by atoms with van der Waals surface area (Å²) in [5.74, 6) is 3.36. The molecule has 1 atom stereocenters. The van der Waals surface area contributed by atoms with Crippen molar-refractivity contribution in [3.05, 3.63) is 24.3 Å². The van der Waals surface area contributed by atoms with Gasteiger partial charge in [0, 0.05) is 53.0 Å². The summed E-state index contributed by atoms with van der Waals surface area (Å²) < 4.78 is 11.0. The van der Waals surface area contributed by atoms with Crippen LogP contribution in [0.2, 0.25) is 0 Å². The van der Waals surface area contributed by atoms with Crippen molar-refractivity contribution in [3.8, 4) is 5.75 Å².